The van der Waals surface area contributed by atoms with Gasteiger partial charge in [0, 0.05) is 37.9 Å². The highest BCUT2D eigenvalue weighted by Gasteiger charge is 2.29. The average molecular weight is 423 g/mol. The van der Waals surface area contributed by atoms with Crippen LogP contribution in [0.15, 0.2) is 52.3 Å². The van der Waals surface area contributed by atoms with Crippen molar-refractivity contribution in [3.8, 4) is 0 Å². The highest BCUT2D eigenvalue weighted by molar-refractivity contribution is 7.91. The fourth-order valence-corrected chi connectivity index (χ4v) is 4.64. The number of benzene rings is 2. The second kappa shape index (κ2) is 8.03. The lowest BCUT2D eigenvalue weighted by Crippen LogP contribution is -2.34. The minimum absolute atomic E-state index is 0.229. The molecule has 0 spiro atoms. The van der Waals surface area contributed by atoms with Crippen molar-refractivity contribution >= 4 is 27.3 Å². The Kier molecular flexibility index (Phi) is 5.69. The fraction of sp³-hybridized carbons (Fsp3) is 0.278. The van der Waals surface area contributed by atoms with Crippen molar-refractivity contribution in [1.29, 1.82) is 0 Å². The van der Waals surface area contributed by atoms with Gasteiger partial charge < -0.3 is 14.9 Å². The number of nitro benzene ring substituents is 1. The van der Waals surface area contributed by atoms with E-state index in [2.05, 4.69) is 0 Å². The fourth-order valence-electron chi connectivity index (χ4n) is 3.20. The van der Waals surface area contributed by atoms with Gasteiger partial charge in [0.15, 0.2) is 0 Å². The zero-order valence-corrected chi connectivity index (χ0v) is 16.0. The summed E-state index contributed by atoms with van der Waals surface area (Å²) in [5, 5.41) is 20.7. The Hall–Kier alpha value is -3.21. The number of nitrogens with zero attached hydrogens (tertiary/aromatic N) is 3. The van der Waals surface area contributed by atoms with Gasteiger partial charge in [0.1, 0.15) is 10.7 Å². The number of hydrogen-bond donors (Lipinski definition) is 1. The molecular weight excluding hydrogens is 405 g/mol. The van der Waals surface area contributed by atoms with Crippen molar-refractivity contribution < 1.29 is 27.6 Å². The molecule has 0 aliphatic carbocycles. The summed E-state index contributed by atoms with van der Waals surface area (Å²) < 4.78 is 39.1. The quantitative estimate of drug-likeness (QED) is 0.593. The molecule has 2 aromatic carbocycles. The molecule has 154 valence electrons. The summed E-state index contributed by atoms with van der Waals surface area (Å²) in [6, 6.07) is 8.00. The van der Waals surface area contributed by atoms with Gasteiger partial charge in [-0.3, -0.25) is 10.1 Å². The lowest BCUT2D eigenvalue weighted by Gasteiger charge is -2.23. The monoisotopic (exact) mass is 423 g/mol. The van der Waals surface area contributed by atoms with Crippen LogP contribution in [0.3, 0.4) is 0 Å². The largest absolute Gasteiger partial charge is 0.465 e. The topological polar surface area (TPSA) is 121 Å². The number of amides is 1. The molecule has 2 aromatic rings. The number of nitro groups is 1. The molecule has 1 N–H and O–H groups in total. The zero-order chi connectivity index (χ0) is 21.2. The van der Waals surface area contributed by atoms with Gasteiger partial charge >= 0.3 is 6.09 Å². The van der Waals surface area contributed by atoms with Gasteiger partial charge in [-0.1, -0.05) is 6.07 Å². The summed E-state index contributed by atoms with van der Waals surface area (Å²) in [4.78, 5) is 24.0. The summed E-state index contributed by atoms with van der Waals surface area (Å²) >= 11 is 0. The van der Waals surface area contributed by atoms with Crippen molar-refractivity contribution in [1.82, 2.24) is 4.90 Å². The highest BCUT2D eigenvalue weighted by atomic mass is 32.2. The molecule has 1 fully saturated rings. The summed E-state index contributed by atoms with van der Waals surface area (Å²) in [6.07, 6.45) is -0.502. The highest BCUT2D eigenvalue weighted by Crippen LogP contribution is 2.33. The molecule has 0 radical (unpaired) electrons. The van der Waals surface area contributed by atoms with Gasteiger partial charge in [0.2, 0.25) is 9.84 Å². The number of carboxylic acid groups (broad SMARTS) is 1. The molecule has 1 saturated heterocycles. The van der Waals surface area contributed by atoms with Crippen molar-refractivity contribution in [3.63, 3.8) is 0 Å². The Morgan fingerprint density at radius 3 is 2.52 bits per heavy atom. The lowest BCUT2D eigenvalue weighted by atomic mass is 10.2. The van der Waals surface area contributed by atoms with Crippen LogP contribution in [0.4, 0.5) is 20.6 Å². The number of anilines is 1. The third kappa shape index (κ3) is 4.29. The molecule has 1 aliphatic rings. The molecule has 1 amide bonds. The number of rotatable bonds is 4. The van der Waals surface area contributed by atoms with Crippen molar-refractivity contribution in [3.05, 3.63) is 58.4 Å². The number of halogens is 1. The summed E-state index contributed by atoms with van der Waals surface area (Å²) in [6.45, 7) is 1.36. The maximum Gasteiger partial charge on any atom is 0.407 e. The van der Waals surface area contributed by atoms with E-state index < -0.39 is 37.3 Å². The molecule has 1 heterocycles. The summed E-state index contributed by atoms with van der Waals surface area (Å²) in [5.41, 5.74) is -0.201. The van der Waals surface area contributed by atoms with Gasteiger partial charge in [-0.25, -0.2) is 17.6 Å². The molecule has 0 saturated carbocycles. The number of hydrogen-bond acceptors (Lipinski definition) is 6. The van der Waals surface area contributed by atoms with Gasteiger partial charge in [0.05, 0.1) is 9.82 Å². The predicted molar refractivity (Wildman–Crippen MR) is 101 cm³/mol. The van der Waals surface area contributed by atoms with Gasteiger partial charge in [0.25, 0.3) is 5.69 Å². The van der Waals surface area contributed by atoms with E-state index in [0.29, 0.717) is 31.7 Å². The maximum atomic E-state index is 13.5. The van der Waals surface area contributed by atoms with Gasteiger partial charge in [-0.15, -0.1) is 0 Å². The maximum absolute atomic E-state index is 13.5. The number of sulfone groups is 1. The van der Waals surface area contributed by atoms with E-state index in [-0.39, 0.29) is 11.4 Å². The first-order valence-corrected chi connectivity index (χ1v) is 10.2. The second-order valence-electron chi connectivity index (χ2n) is 6.48. The summed E-state index contributed by atoms with van der Waals surface area (Å²) in [5.74, 6) is -0.766. The standard InChI is InChI=1S/C18H18FN3O6S/c19-13-3-1-4-15(11-13)29(27,28)17-6-5-14(12-16(17)22(25)26)20-7-2-8-21(10-9-20)18(23)24/h1,3-6,11-12H,2,7-10H2,(H,23,24). The van der Waals surface area contributed by atoms with Gasteiger partial charge in [-0.2, -0.15) is 0 Å². The molecule has 29 heavy (non-hydrogen) atoms. The van der Waals surface area contributed by atoms with Crippen LogP contribution in [0, 0.1) is 15.9 Å². The van der Waals surface area contributed by atoms with Crippen molar-refractivity contribution in [2.45, 2.75) is 16.2 Å². The van der Waals surface area contributed by atoms with Crippen LogP contribution in [0.25, 0.3) is 0 Å². The van der Waals surface area contributed by atoms with Crippen LogP contribution in [-0.2, 0) is 9.84 Å². The van der Waals surface area contributed by atoms with Gasteiger partial charge in [-0.05, 0) is 36.8 Å². The molecular formula is C18H18FN3O6S. The predicted octanol–water partition coefficient (Wildman–Crippen LogP) is 2.76. The minimum atomic E-state index is -4.30. The van der Waals surface area contributed by atoms with E-state index in [1.54, 1.807) is 4.90 Å². The first-order valence-electron chi connectivity index (χ1n) is 8.72. The average Bonchev–Trinajstić information content (AvgIpc) is 2.94. The molecule has 0 bridgehead atoms. The van der Waals surface area contributed by atoms with E-state index >= 15 is 0 Å². The van der Waals surface area contributed by atoms with E-state index in [4.69, 9.17) is 5.11 Å². The molecule has 0 unspecified atom stereocenters. The van der Waals surface area contributed by atoms with Crippen LogP contribution < -0.4 is 4.90 Å². The Labute approximate surface area is 166 Å². The molecule has 1 aliphatic heterocycles. The first-order chi connectivity index (χ1) is 13.7. The Balaban J connectivity index is 1.98. The Morgan fingerprint density at radius 2 is 1.86 bits per heavy atom. The van der Waals surface area contributed by atoms with Crippen molar-refractivity contribution in [2.24, 2.45) is 0 Å². The van der Waals surface area contributed by atoms with Crippen LogP contribution in [-0.4, -0.2) is 55.6 Å². The van der Waals surface area contributed by atoms with Crippen LogP contribution in [0.2, 0.25) is 0 Å². The van der Waals surface area contributed by atoms with E-state index in [0.717, 1.165) is 24.3 Å². The summed E-state index contributed by atoms with van der Waals surface area (Å²) in [7, 11) is -4.30. The van der Waals surface area contributed by atoms with Crippen LogP contribution in [0.5, 0.6) is 0 Å². The Morgan fingerprint density at radius 1 is 1.10 bits per heavy atom. The van der Waals surface area contributed by atoms with E-state index in [1.165, 1.54) is 23.1 Å². The number of carbonyl (C=O) groups is 1. The third-order valence-electron chi connectivity index (χ3n) is 4.67. The van der Waals surface area contributed by atoms with E-state index in [9.17, 15) is 27.7 Å². The minimum Gasteiger partial charge on any atom is -0.465 e. The molecule has 0 aromatic heterocycles. The molecule has 11 heteroatoms. The normalized spacial score (nSPS) is 15.1. The van der Waals surface area contributed by atoms with Crippen molar-refractivity contribution in [2.75, 3.05) is 31.1 Å². The molecule has 0 atom stereocenters. The molecule has 9 nitrogen and oxygen atoms in total. The Bertz CT molecular complexity index is 1060. The zero-order valence-electron chi connectivity index (χ0n) is 15.2. The smallest absolute Gasteiger partial charge is 0.407 e. The second-order valence-corrected chi connectivity index (χ2v) is 8.40. The van der Waals surface area contributed by atoms with Crippen LogP contribution in [0.1, 0.15) is 6.42 Å². The molecule has 3 rings (SSSR count). The van der Waals surface area contributed by atoms with E-state index in [1.807, 2.05) is 0 Å². The lowest BCUT2D eigenvalue weighted by molar-refractivity contribution is -0.387. The third-order valence-corrected chi connectivity index (χ3v) is 6.47. The first kappa shape index (κ1) is 20.5. The van der Waals surface area contributed by atoms with Crippen LogP contribution >= 0.6 is 0 Å². The SMILES string of the molecule is O=C(O)N1CCCN(c2ccc(S(=O)(=O)c3cccc(F)c3)c([N+](=O)[O-])c2)CC1.